The van der Waals surface area contributed by atoms with E-state index in [-0.39, 0.29) is 12.2 Å². The van der Waals surface area contributed by atoms with Crippen molar-refractivity contribution in [2.75, 3.05) is 46.4 Å². The zero-order chi connectivity index (χ0) is 15.6. The lowest BCUT2D eigenvalue weighted by Gasteiger charge is -2.32. The fourth-order valence-corrected chi connectivity index (χ4v) is 2.79. The van der Waals surface area contributed by atoms with Crippen LogP contribution in [0.1, 0.15) is 38.5 Å². The van der Waals surface area contributed by atoms with Crippen molar-refractivity contribution in [3.8, 4) is 0 Å². The van der Waals surface area contributed by atoms with Crippen molar-refractivity contribution in [1.29, 1.82) is 0 Å². The SMILES string of the molecule is CN1CCN(C(=O)OC2C=CCCOCCCCCC2)CC1. The zero-order valence-electron chi connectivity index (χ0n) is 13.8. The second-order valence-corrected chi connectivity index (χ2v) is 6.24. The Morgan fingerprint density at radius 1 is 1.09 bits per heavy atom. The summed E-state index contributed by atoms with van der Waals surface area (Å²) in [4.78, 5) is 16.3. The first kappa shape index (κ1) is 17.3. The third kappa shape index (κ3) is 6.36. The van der Waals surface area contributed by atoms with Crippen molar-refractivity contribution in [3.63, 3.8) is 0 Å². The highest BCUT2D eigenvalue weighted by Gasteiger charge is 2.22. The van der Waals surface area contributed by atoms with Gasteiger partial charge in [0.1, 0.15) is 6.10 Å². The molecule has 0 aliphatic carbocycles. The molecule has 0 aromatic carbocycles. The highest BCUT2D eigenvalue weighted by atomic mass is 16.6. The number of nitrogens with zero attached hydrogens (tertiary/aromatic N) is 2. The van der Waals surface area contributed by atoms with Gasteiger partial charge in [-0.05, 0) is 38.8 Å². The molecule has 0 radical (unpaired) electrons. The number of amides is 1. The molecular formula is C17H30N2O3. The van der Waals surface area contributed by atoms with E-state index in [2.05, 4.69) is 18.0 Å². The molecule has 2 heterocycles. The van der Waals surface area contributed by atoms with Gasteiger partial charge in [0.2, 0.25) is 0 Å². The molecule has 2 rings (SSSR count). The summed E-state index contributed by atoms with van der Waals surface area (Å²) in [5.41, 5.74) is 0. The van der Waals surface area contributed by atoms with E-state index < -0.39 is 0 Å². The summed E-state index contributed by atoms with van der Waals surface area (Å²) in [6.45, 7) is 5.00. The number of carbonyl (C=O) groups is 1. The monoisotopic (exact) mass is 310 g/mol. The van der Waals surface area contributed by atoms with Gasteiger partial charge in [-0.2, -0.15) is 0 Å². The lowest BCUT2D eigenvalue weighted by Crippen LogP contribution is -2.47. The minimum atomic E-state index is -0.161. The van der Waals surface area contributed by atoms with Crippen LogP contribution >= 0.6 is 0 Å². The average molecular weight is 310 g/mol. The van der Waals surface area contributed by atoms with Crippen molar-refractivity contribution >= 4 is 6.09 Å². The van der Waals surface area contributed by atoms with Crippen LogP contribution in [-0.4, -0.2) is 68.4 Å². The van der Waals surface area contributed by atoms with Crippen LogP contribution in [0.5, 0.6) is 0 Å². The van der Waals surface area contributed by atoms with Crippen molar-refractivity contribution < 1.29 is 14.3 Å². The predicted octanol–water partition coefficient (Wildman–Crippen LogP) is 2.67. The zero-order valence-corrected chi connectivity index (χ0v) is 13.8. The Hall–Kier alpha value is -1.07. The summed E-state index contributed by atoms with van der Waals surface area (Å²) in [7, 11) is 2.08. The van der Waals surface area contributed by atoms with Crippen LogP contribution in [0.25, 0.3) is 0 Å². The van der Waals surface area contributed by atoms with E-state index >= 15 is 0 Å². The van der Waals surface area contributed by atoms with Crippen LogP contribution < -0.4 is 0 Å². The minimum Gasteiger partial charge on any atom is -0.442 e. The van der Waals surface area contributed by atoms with Gasteiger partial charge in [0.05, 0.1) is 6.61 Å². The highest BCUT2D eigenvalue weighted by Crippen LogP contribution is 2.13. The number of likely N-dealkylation sites (N-methyl/N-ethyl adjacent to an activating group) is 1. The lowest BCUT2D eigenvalue weighted by atomic mass is 10.1. The summed E-state index contributed by atoms with van der Waals surface area (Å²) >= 11 is 0. The van der Waals surface area contributed by atoms with E-state index in [1.54, 1.807) is 0 Å². The normalized spacial score (nSPS) is 26.0. The number of carbonyl (C=O) groups excluding carboxylic acids is 1. The van der Waals surface area contributed by atoms with Gasteiger partial charge in [-0.3, -0.25) is 0 Å². The molecular weight excluding hydrogens is 280 g/mol. The smallest absolute Gasteiger partial charge is 0.410 e. The van der Waals surface area contributed by atoms with Crippen molar-refractivity contribution in [2.24, 2.45) is 0 Å². The standard InChI is InChI=1S/C17H30N2O3/c1-18-10-12-19(13-11-18)17(20)22-16-8-4-2-3-6-14-21-15-7-5-9-16/h5,9,16H,2-4,6-8,10-15H2,1H3. The minimum absolute atomic E-state index is 0.0911. The van der Waals surface area contributed by atoms with Crippen LogP contribution in [-0.2, 0) is 9.47 Å². The number of rotatable bonds is 1. The van der Waals surface area contributed by atoms with E-state index in [9.17, 15) is 4.79 Å². The summed E-state index contributed by atoms with van der Waals surface area (Å²) in [6, 6.07) is 0. The molecule has 2 aliphatic heterocycles. The van der Waals surface area contributed by atoms with Gasteiger partial charge in [0.15, 0.2) is 0 Å². The first-order valence-corrected chi connectivity index (χ1v) is 8.64. The maximum Gasteiger partial charge on any atom is 0.410 e. The van der Waals surface area contributed by atoms with Crippen LogP contribution in [0.4, 0.5) is 4.79 Å². The number of ether oxygens (including phenoxy) is 2. The van der Waals surface area contributed by atoms with Crippen LogP contribution in [0.2, 0.25) is 0 Å². The molecule has 126 valence electrons. The fraction of sp³-hybridized carbons (Fsp3) is 0.824. The maximum absolute atomic E-state index is 12.3. The molecule has 5 heteroatoms. The largest absolute Gasteiger partial charge is 0.442 e. The Kier molecular flexibility index (Phi) is 7.74. The van der Waals surface area contributed by atoms with E-state index in [1.807, 2.05) is 11.0 Å². The summed E-state index contributed by atoms with van der Waals surface area (Å²) in [5, 5.41) is 0. The molecule has 2 aliphatic rings. The topological polar surface area (TPSA) is 42.0 Å². The maximum atomic E-state index is 12.3. The van der Waals surface area contributed by atoms with Crippen molar-refractivity contribution in [3.05, 3.63) is 12.2 Å². The Labute approximate surface area is 134 Å². The van der Waals surface area contributed by atoms with Gasteiger partial charge < -0.3 is 19.3 Å². The summed E-state index contributed by atoms with van der Waals surface area (Å²) in [5.74, 6) is 0. The Bertz CT molecular complexity index is 352. The first-order valence-electron chi connectivity index (χ1n) is 8.64. The molecule has 22 heavy (non-hydrogen) atoms. The molecule has 1 unspecified atom stereocenters. The van der Waals surface area contributed by atoms with Crippen molar-refractivity contribution in [1.82, 2.24) is 9.80 Å². The van der Waals surface area contributed by atoms with E-state index in [4.69, 9.17) is 9.47 Å². The summed E-state index contributed by atoms with van der Waals surface area (Å²) < 4.78 is 11.3. The number of hydrogen-bond acceptors (Lipinski definition) is 4. The highest BCUT2D eigenvalue weighted by molar-refractivity contribution is 5.68. The Morgan fingerprint density at radius 2 is 1.86 bits per heavy atom. The lowest BCUT2D eigenvalue weighted by molar-refractivity contribution is 0.0603. The van der Waals surface area contributed by atoms with E-state index in [0.29, 0.717) is 0 Å². The fourth-order valence-electron chi connectivity index (χ4n) is 2.79. The van der Waals surface area contributed by atoms with E-state index in [0.717, 1.165) is 65.1 Å². The molecule has 0 aromatic heterocycles. The molecule has 1 amide bonds. The summed E-state index contributed by atoms with van der Waals surface area (Å²) in [6.07, 6.45) is 10.3. The number of hydrogen-bond donors (Lipinski definition) is 0. The molecule has 0 saturated carbocycles. The molecule has 0 aromatic rings. The third-order valence-corrected chi connectivity index (χ3v) is 4.32. The van der Waals surface area contributed by atoms with E-state index in [1.165, 1.54) is 12.8 Å². The first-order chi connectivity index (χ1) is 10.8. The van der Waals surface area contributed by atoms with Gasteiger partial charge in [-0.15, -0.1) is 0 Å². The Balaban J connectivity index is 1.81. The molecule has 1 fully saturated rings. The molecule has 5 nitrogen and oxygen atoms in total. The second kappa shape index (κ2) is 9.85. The van der Waals surface area contributed by atoms with Gasteiger partial charge in [-0.25, -0.2) is 4.79 Å². The number of piperazine rings is 1. The second-order valence-electron chi connectivity index (χ2n) is 6.24. The third-order valence-electron chi connectivity index (χ3n) is 4.32. The van der Waals surface area contributed by atoms with Gasteiger partial charge >= 0.3 is 6.09 Å². The quantitative estimate of drug-likeness (QED) is 0.698. The molecule has 1 saturated heterocycles. The van der Waals surface area contributed by atoms with Crippen LogP contribution in [0, 0.1) is 0 Å². The predicted molar refractivity (Wildman–Crippen MR) is 87.0 cm³/mol. The van der Waals surface area contributed by atoms with Crippen molar-refractivity contribution in [2.45, 2.75) is 44.6 Å². The van der Waals surface area contributed by atoms with Gasteiger partial charge in [-0.1, -0.05) is 18.9 Å². The molecule has 1 atom stereocenters. The van der Waals surface area contributed by atoms with Crippen LogP contribution in [0.15, 0.2) is 12.2 Å². The Morgan fingerprint density at radius 3 is 2.68 bits per heavy atom. The van der Waals surface area contributed by atoms with Gasteiger partial charge in [0, 0.05) is 32.8 Å². The van der Waals surface area contributed by atoms with Gasteiger partial charge in [0.25, 0.3) is 0 Å². The molecule has 0 bridgehead atoms. The average Bonchev–Trinajstić information content (AvgIpc) is 2.50. The molecule has 0 spiro atoms. The van der Waals surface area contributed by atoms with Crippen LogP contribution in [0.3, 0.4) is 0 Å². The molecule has 0 N–H and O–H groups in total.